The van der Waals surface area contributed by atoms with Crippen molar-refractivity contribution in [2.75, 3.05) is 26.5 Å². The summed E-state index contributed by atoms with van der Waals surface area (Å²) >= 11 is 0. The molecule has 3 rings (SSSR count). The second-order valence-corrected chi connectivity index (χ2v) is 8.79. The largest absolute Gasteiger partial charge is 0.384 e. The first kappa shape index (κ1) is 21.1. The van der Waals surface area contributed by atoms with Crippen molar-refractivity contribution >= 4 is 9.84 Å². The maximum atomic E-state index is 12.8. The van der Waals surface area contributed by atoms with Crippen LogP contribution in [0, 0.1) is 0 Å². The first-order chi connectivity index (χ1) is 14.0. The molecule has 0 atom stereocenters. The Kier molecular flexibility index (Phi) is 7.08. The molecule has 0 radical (unpaired) electrons. The molecule has 8 nitrogen and oxygen atoms in total. The highest BCUT2D eigenvalue weighted by Gasteiger charge is 2.24. The summed E-state index contributed by atoms with van der Waals surface area (Å²) in [7, 11) is -0.114. The van der Waals surface area contributed by atoms with E-state index in [2.05, 4.69) is 19.9 Å². The van der Waals surface area contributed by atoms with Gasteiger partial charge in [-0.3, -0.25) is 4.90 Å². The van der Waals surface area contributed by atoms with Crippen LogP contribution in [-0.4, -0.2) is 59.4 Å². The van der Waals surface area contributed by atoms with Crippen molar-refractivity contribution in [2.24, 2.45) is 0 Å². The fourth-order valence-electron chi connectivity index (χ4n) is 3.01. The van der Waals surface area contributed by atoms with E-state index in [9.17, 15) is 8.42 Å². The molecule has 29 heavy (non-hydrogen) atoms. The zero-order chi connectivity index (χ0) is 20.7. The average Bonchev–Trinajstić information content (AvgIpc) is 3.11. The Labute approximate surface area is 171 Å². The third kappa shape index (κ3) is 5.69. The van der Waals surface area contributed by atoms with Crippen LogP contribution >= 0.6 is 0 Å². The Balaban J connectivity index is 1.87. The number of hydrogen-bond donors (Lipinski definition) is 0. The molecule has 0 aliphatic carbocycles. The Morgan fingerprint density at radius 2 is 1.90 bits per heavy atom. The van der Waals surface area contributed by atoms with Crippen molar-refractivity contribution in [3.63, 3.8) is 0 Å². The molecule has 0 bridgehead atoms. The van der Waals surface area contributed by atoms with E-state index in [-0.39, 0.29) is 17.5 Å². The van der Waals surface area contributed by atoms with E-state index in [1.807, 2.05) is 43.4 Å². The van der Waals surface area contributed by atoms with Crippen LogP contribution in [0.4, 0.5) is 0 Å². The van der Waals surface area contributed by atoms with Gasteiger partial charge in [0.25, 0.3) is 0 Å². The minimum atomic E-state index is -3.56. The van der Waals surface area contributed by atoms with Crippen LogP contribution in [0.25, 0.3) is 0 Å². The van der Waals surface area contributed by atoms with Crippen molar-refractivity contribution in [3.05, 3.63) is 72.1 Å². The second-order valence-electron chi connectivity index (χ2n) is 6.79. The van der Waals surface area contributed by atoms with Gasteiger partial charge >= 0.3 is 0 Å². The molecule has 0 aliphatic rings. The Morgan fingerprint density at radius 1 is 1.10 bits per heavy atom. The van der Waals surface area contributed by atoms with Gasteiger partial charge in [-0.25, -0.2) is 23.4 Å². The van der Waals surface area contributed by atoms with E-state index in [0.717, 1.165) is 17.0 Å². The fourth-order valence-corrected chi connectivity index (χ4v) is 4.31. The van der Waals surface area contributed by atoms with Crippen molar-refractivity contribution in [3.8, 4) is 0 Å². The molecular formula is C20H25N5O3S. The lowest BCUT2D eigenvalue weighted by Crippen LogP contribution is -2.22. The number of ether oxygens (including phenoxy) is 1. The molecule has 0 fully saturated rings. The molecule has 0 aliphatic heterocycles. The molecule has 3 aromatic rings. The summed E-state index contributed by atoms with van der Waals surface area (Å²) in [4.78, 5) is 14.5. The summed E-state index contributed by atoms with van der Waals surface area (Å²) in [5.74, 6) is -0.106. The van der Waals surface area contributed by atoms with E-state index in [0.29, 0.717) is 19.6 Å². The maximum absolute atomic E-state index is 12.8. The minimum absolute atomic E-state index is 0.0730. The molecule has 0 N–H and O–H groups in total. The Morgan fingerprint density at radius 3 is 2.59 bits per heavy atom. The second kappa shape index (κ2) is 9.73. The molecule has 1 aromatic carbocycles. The number of rotatable bonds is 10. The summed E-state index contributed by atoms with van der Waals surface area (Å²) in [6, 6.07) is 11.6. The predicted octanol–water partition coefficient (Wildman–Crippen LogP) is 1.77. The van der Waals surface area contributed by atoms with Crippen molar-refractivity contribution in [1.82, 2.24) is 24.4 Å². The summed E-state index contributed by atoms with van der Waals surface area (Å²) in [6.45, 7) is 1.71. The lowest BCUT2D eigenvalue weighted by atomic mass is 10.2. The lowest BCUT2D eigenvalue weighted by Gasteiger charge is -2.18. The van der Waals surface area contributed by atoms with Crippen LogP contribution in [-0.2, 0) is 34.2 Å². The number of hydrogen-bond acceptors (Lipinski definition) is 7. The topological polar surface area (TPSA) is 90.2 Å². The van der Waals surface area contributed by atoms with E-state index in [1.54, 1.807) is 17.0 Å². The van der Waals surface area contributed by atoms with Crippen LogP contribution in [0.1, 0.15) is 17.0 Å². The van der Waals surface area contributed by atoms with Crippen LogP contribution in [0.3, 0.4) is 0 Å². The van der Waals surface area contributed by atoms with Crippen LogP contribution in [0.5, 0.6) is 0 Å². The molecule has 0 saturated carbocycles. The Hall–Kier alpha value is -2.62. The van der Waals surface area contributed by atoms with E-state index in [1.165, 1.54) is 13.4 Å². The van der Waals surface area contributed by atoms with E-state index >= 15 is 0 Å². The third-order valence-corrected chi connectivity index (χ3v) is 6.01. The van der Waals surface area contributed by atoms with Gasteiger partial charge in [0, 0.05) is 26.4 Å². The number of imidazole rings is 1. The van der Waals surface area contributed by atoms with Gasteiger partial charge in [0.2, 0.25) is 15.0 Å². The first-order valence-electron chi connectivity index (χ1n) is 9.23. The molecular weight excluding hydrogens is 390 g/mol. The highest BCUT2D eigenvalue weighted by Crippen LogP contribution is 2.18. The predicted molar refractivity (Wildman–Crippen MR) is 109 cm³/mol. The van der Waals surface area contributed by atoms with Gasteiger partial charge in [-0.05, 0) is 18.7 Å². The molecule has 2 aromatic heterocycles. The zero-order valence-electron chi connectivity index (χ0n) is 16.6. The molecule has 0 saturated heterocycles. The van der Waals surface area contributed by atoms with E-state index in [4.69, 9.17) is 4.74 Å². The van der Waals surface area contributed by atoms with Gasteiger partial charge in [0.15, 0.2) is 0 Å². The van der Waals surface area contributed by atoms with Gasteiger partial charge < -0.3 is 9.30 Å². The van der Waals surface area contributed by atoms with Gasteiger partial charge in [0.1, 0.15) is 6.33 Å². The highest BCUT2D eigenvalue weighted by molar-refractivity contribution is 7.91. The quantitative estimate of drug-likeness (QED) is 0.498. The SMILES string of the molecule is COCCS(=O)(=O)c1ncc(CN(C)Cc2ccncn2)n1Cc1ccccc1. The summed E-state index contributed by atoms with van der Waals surface area (Å²) in [6.07, 6.45) is 4.86. The molecule has 154 valence electrons. The molecule has 2 heterocycles. The minimum Gasteiger partial charge on any atom is -0.384 e. The van der Waals surface area contributed by atoms with Crippen molar-refractivity contribution in [2.45, 2.75) is 24.8 Å². The Bertz CT molecular complexity index is 1010. The summed E-state index contributed by atoms with van der Waals surface area (Å²) in [5.41, 5.74) is 2.72. The van der Waals surface area contributed by atoms with Crippen LogP contribution in [0.2, 0.25) is 0 Å². The van der Waals surface area contributed by atoms with Crippen molar-refractivity contribution in [1.29, 1.82) is 0 Å². The van der Waals surface area contributed by atoms with Crippen LogP contribution < -0.4 is 0 Å². The van der Waals surface area contributed by atoms with Gasteiger partial charge in [-0.1, -0.05) is 30.3 Å². The molecule has 9 heteroatoms. The number of nitrogens with zero attached hydrogens (tertiary/aromatic N) is 5. The summed E-state index contributed by atoms with van der Waals surface area (Å²) in [5, 5.41) is 0.0730. The molecule has 0 spiro atoms. The number of methoxy groups -OCH3 is 1. The average molecular weight is 416 g/mol. The van der Waals surface area contributed by atoms with Gasteiger partial charge in [-0.15, -0.1) is 0 Å². The molecule has 0 unspecified atom stereocenters. The third-order valence-electron chi connectivity index (χ3n) is 4.43. The van der Waals surface area contributed by atoms with Gasteiger partial charge in [0.05, 0.1) is 36.5 Å². The number of sulfone groups is 1. The van der Waals surface area contributed by atoms with Crippen molar-refractivity contribution < 1.29 is 13.2 Å². The normalized spacial score (nSPS) is 11.8. The standard InChI is InChI=1S/C20H25N5O3S/c1-24(14-18-8-9-21-16-23-18)15-19-12-22-20(29(26,27)11-10-28-2)25(19)13-17-6-4-3-5-7-17/h3-9,12,16H,10-11,13-15H2,1-2H3. The van der Waals surface area contributed by atoms with E-state index < -0.39 is 9.84 Å². The highest BCUT2D eigenvalue weighted by atomic mass is 32.2. The monoisotopic (exact) mass is 415 g/mol. The first-order valence-corrected chi connectivity index (χ1v) is 10.9. The fraction of sp³-hybridized carbons (Fsp3) is 0.350. The lowest BCUT2D eigenvalue weighted by molar-refractivity contribution is 0.217. The summed E-state index contributed by atoms with van der Waals surface area (Å²) < 4.78 is 32.3. The number of benzene rings is 1. The van der Waals surface area contributed by atoms with Crippen LogP contribution in [0.15, 0.2) is 60.3 Å². The zero-order valence-corrected chi connectivity index (χ0v) is 17.4. The number of aromatic nitrogens is 4. The molecule has 0 amide bonds. The smallest absolute Gasteiger partial charge is 0.228 e. The maximum Gasteiger partial charge on any atom is 0.228 e. The van der Waals surface area contributed by atoms with Gasteiger partial charge in [-0.2, -0.15) is 0 Å².